The van der Waals surface area contributed by atoms with E-state index >= 15 is 0 Å². The van der Waals surface area contributed by atoms with Crippen molar-refractivity contribution in [1.82, 2.24) is 10.2 Å². The Hall–Kier alpha value is -0.930. The third kappa shape index (κ3) is 3.03. The first-order valence-electron chi connectivity index (χ1n) is 5.69. The Bertz CT molecular complexity index is 327. The molecular formula is C13H21FN2. The maximum absolute atomic E-state index is 13.6. The highest BCUT2D eigenvalue weighted by molar-refractivity contribution is 5.20. The van der Waals surface area contributed by atoms with Crippen molar-refractivity contribution in [2.75, 3.05) is 20.6 Å². The second-order valence-corrected chi connectivity index (χ2v) is 4.27. The van der Waals surface area contributed by atoms with Crippen molar-refractivity contribution < 1.29 is 4.39 Å². The van der Waals surface area contributed by atoms with Gasteiger partial charge in [-0.3, -0.25) is 4.90 Å². The molecule has 0 fully saturated rings. The maximum atomic E-state index is 13.6. The van der Waals surface area contributed by atoms with Crippen molar-refractivity contribution >= 4 is 0 Å². The van der Waals surface area contributed by atoms with Gasteiger partial charge in [-0.1, -0.05) is 18.2 Å². The molecule has 2 atom stereocenters. The Kier molecular flexibility index (Phi) is 4.90. The van der Waals surface area contributed by atoms with Crippen LogP contribution in [0.2, 0.25) is 0 Å². The molecule has 1 N–H and O–H groups in total. The highest BCUT2D eigenvalue weighted by Gasteiger charge is 2.18. The molecule has 0 aromatic heterocycles. The molecule has 0 aliphatic carbocycles. The van der Waals surface area contributed by atoms with Crippen molar-refractivity contribution in [3.63, 3.8) is 0 Å². The van der Waals surface area contributed by atoms with Gasteiger partial charge < -0.3 is 5.32 Å². The first kappa shape index (κ1) is 13.1. The van der Waals surface area contributed by atoms with E-state index in [1.54, 1.807) is 6.07 Å². The normalized spacial score (nSPS) is 15.1. The summed E-state index contributed by atoms with van der Waals surface area (Å²) in [6.45, 7) is 5.06. The standard InChI is InChI=1S/C13H21FN2/c1-10(9-15-3)16(4)11(2)12-7-5-6-8-13(12)14/h5-8,10-11,15H,9H2,1-4H3. The molecule has 0 radical (unpaired) electrons. The van der Waals surface area contributed by atoms with Gasteiger partial charge in [-0.05, 0) is 34.0 Å². The Labute approximate surface area is 97.5 Å². The van der Waals surface area contributed by atoms with Gasteiger partial charge in [0.05, 0.1) is 0 Å². The summed E-state index contributed by atoms with van der Waals surface area (Å²) in [5.74, 6) is -0.126. The van der Waals surface area contributed by atoms with Gasteiger partial charge in [-0.15, -0.1) is 0 Å². The van der Waals surface area contributed by atoms with Crippen LogP contribution in [0.25, 0.3) is 0 Å². The highest BCUT2D eigenvalue weighted by Crippen LogP contribution is 2.22. The molecule has 0 heterocycles. The van der Waals surface area contributed by atoms with Gasteiger partial charge in [0.1, 0.15) is 5.82 Å². The molecule has 1 rings (SSSR count). The molecule has 2 unspecified atom stereocenters. The molecule has 0 bridgehead atoms. The number of halogens is 1. The van der Waals surface area contributed by atoms with Gasteiger partial charge in [0.25, 0.3) is 0 Å². The van der Waals surface area contributed by atoms with Crippen LogP contribution in [0.5, 0.6) is 0 Å². The number of nitrogens with zero attached hydrogens (tertiary/aromatic N) is 1. The third-order valence-corrected chi connectivity index (χ3v) is 3.16. The fourth-order valence-electron chi connectivity index (χ4n) is 1.85. The van der Waals surface area contributed by atoms with E-state index < -0.39 is 0 Å². The van der Waals surface area contributed by atoms with E-state index in [-0.39, 0.29) is 11.9 Å². The van der Waals surface area contributed by atoms with Gasteiger partial charge in [0.2, 0.25) is 0 Å². The molecule has 2 nitrogen and oxygen atoms in total. The lowest BCUT2D eigenvalue weighted by atomic mass is 10.1. The number of benzene rings is 1. The summed E-state index contributed by atoms with van der Waals surface area (Å²) in [5, 5.41) is 3.13. The maximum Gasteiger partial charge on any atom is 0.127 e. The number of hydrogen-bond donors (Lipinski definition) is 1. The molecule has 1 aromatic rings. The predicted molar refractivity (Wildman–Crippen MR) is 66.0 cm³/mol. The minimum absolute atomic E-state index is 0.0875. The molecular weight excluding hydrogens is 203 g/mol. The third-order valence-electron chi connectivity index (χ3n) is 3.16. The SMILES string of the molecule is CNCC(C)N(C)C(C)c1ccccc1F. The smallest absolute Gasteiger partial charge is 0.127 e. The zero-order valence-corrected chi connectivity index (χ0v) is 10.5. The summed E-state index contributed by atoms with van der Waals surface area (Å²) in [6, 6.07) is 7.43. The van der Waals surface area contributed by atoms with Crippen LogP contribution >= 0.6 is 0 Å². The van der Waals surface area contributed by atoms with Gasteiger partial charge in [-0.25, -0.2) is 4.39 Å². The van der Waals surface area contributed by atoms with E-state index in [1.807, 2.05) is 33.2 Å². The zero-order chi connectivity index (χ0) is 12.1. The number of nitrogens with one attached hydrogen (secondary N) is 1. The average Bonchev–Trinajstić information content (AvgIpc) is 2.28. The van der Waals surface area contributed by atoms with Crippen LogP contribution in [-0.4, -0.2) is 31.6 Å². The molecule has 0 spiro atoms. The van der Waals surface area contributed by atoms with Gasteiger partial charge in [0, 0.05) is 24.2 Å². The Morgan fingerprint density at radius 2 is 1.94 bits per heavy atom. The van der Waals surface area contributed by atoms with Crippen LogP contribution < -0.4 is 5.32 Å². The monoisotopic (exact) mass is 224 g/mol. The van der Waals surface area contributed by atoms with Crippen LogP contribution in [0.3, 0.4) is 0 Å². The minimum Gasteiger partial charge on any atom is -0.318 e. The first-order valence-corrected chi connectivity index (χ1v) is 5.69. The topological polar surface area (TPSA) is 15.3 Å². The molecule has 0 saturated carbocycles. The largest absolute Gasteiger partial charge is 0.318 e. The molecule has 0 aliphatic rings. The average molecular weight is 224 g/mol. The van der Waals surface area contributed by atoms with E-state index in [0.717, 1.165) is 12.1 Å². The van der Waals surface area contributed by atoms with E-state index in [2.05, 4.69) is 17.1 Å². The summed E-state index contributed by atoms with van der Waals surface area (Å²) in [6.07, 6.45) is 0. The predicted octanol–water partition coefficient (Wildman–Crippen LogP) is 2.43. The highest BCUT2D eigenvalue weighted by atomic mass is 19.1. The molecule has 0 aliphatic heterocycles. The van der Waals surface area contributed by atoms with Gasteiger partial charge in [-0.2, -0.15) is 0 Å². The van der Waals surface area contributed by atoms with Gasteiger partial charge >= 0.3 is 0 Å². The summed E-state index contributed by atoms with van der Waals surface area (Å²) >= 11 is 0. The van der Waals surface area contributed by atoms with E-state index in [4.69, 9.17) is 0 Å². The lowest BCUT2D eigenvalue weighted by Crippen LogP contribution is -2.38. The van der Waals surface area contributed by atoms with Crippen molar-refractivity contribution in [2.45, 2.75) is 25.9 Å². The van der Waals surface area contributed by atoms with Crippen molar-refractivity contribution in [3.8, 4) is 0 Å². The zero-order valence-electron chi connectivity index (χ0n) is 10.5. The lowest BCUT2D eigenvalue weighted by molar-refractivity contribution is 0.192. The van der Waals surface area contributed by atoms with E-state index in [9.17, 15) is 4.39 Å². The van der Waals surface area contributed by atoms with Crippen LogP contribution in [-0.2, 0) is 0 Å². The van der Waals surface area contributed by atoms with Crippen LogP contribution in [0, 0.1) is 5.82 Å². The Morgan fingerprint density at radius 1 is 1.31 bits per heavy atom. The fourth-order valence-corrected chi connectivity index (χ4v) is 1.85. The van der Waals surface area contributed by atoms with Gasteiger partial charge in [0.15, 0.2) is 0 Å². The molecule has 90 valence electrons. The second kappa shape index (κ2) is 5.97. The van der Waals surface area contributed by atoms with Crippen molar-refractivity contribution in [3.05, 3.63) is 35.6 Å². The minimum atomic E-state index is -0.126. The summed E-state index contributed by atoms with van der Waals surface area (Å²) in [5.41, 5.74) is 0.757. The quantitative estimate of drug-likeness (QED) is 0.826. The molecule has 1 aromatic carbocycles. The van der Waals surface area contributed by atoms with E-state index in [0.29, 0.717) is 6.04 Å². The molecule has 0 amide bonds. The Morgan fingerprint density at radius 3 is 2.50 bits per heavy atom. The Balaban J connectivity index is 2.77. The molecule has 3 heteroatoms. The van der Waals surface area contributed by atoms with Crippen molar-refractivity contribution in [2.24, 2.45) is 0 Å². The number of hydrogen-bond acceptors (Lipinski definition) is 2. The van der Waals surface area contributed by atoms with Crippen LogP contribution in [0.4, 0.5) is 4.39 Å². The van der Waals surface area contributed by atoms with Crippen molar-refractivity contribution in [1.29, 1.82) is 0 Å². The van der Waals surface area contributed by atoms with Crippen LogP contribution in [0.15, 0.2) is 24.3 Å². The summed E-state index contributed by atoms with van der Waals surface area (Å²) in [4.78, 5) is 2.18. The number of likely N-dealkylation sites (N-methyl/N-ethyl adjacent to an activating group) is 2. The lowest BCUT2D eigenvalue weighted by Gasteiger charge is -2.31. The second-order valence-electron chi connectivity index (χ2n) is 4.27. The summed E-state index contributed by atoms with van der Waals surface area (Å²) < 4.78 is 13.6. The van der Waals surface area contributed by atoms with E-state index in [1.165, 1.54) is 6.07 Å². The number of rotatable bonds is 5. The molecule has 0 saturated heterocycles. The molecule has 16 heavy (non-hydrogen) atoms. The first-order chi connectivity index (χ1) is 7.57. The van der Waals surface area contributed by atoms with Crippen LogP contribution in [0.1, 0.15) is 25.5 Å². The fraction of sp³-hybridized carbons (Fsp3) is 0.538. The summed E-state index contributed by atoms with van der Waals surface area (Å²) in [7, 11) is 3.96.